The van der Waals surface area contributed by atoms with Crippen molar-refractivity contribution in [1.29, 1.82) is 5.40 Å². The van der Waals surface area contributed by atoms with Gasteiger partial charge >= 0.3 is 0 Å². The van der Waals surface area contributed by atoms with Crippen molar-refractivity contribution in [3.63, 3.8) is 0 Å². The van der Waals surface area contributed by atoms with Crippen LogP contribution in [0.2, 0.25) is 15.7 Å². The fourth-order valence-corrected chi connectivity index (χ4v) is 1.53. The van der Waals surface area contributed by atoms with Crippen LogP contribution in [-0.2, 0) is 11.2 Å². The summed E-state index contributed by atoms with van der Waals surface area (Å²) in [6.45, 7) is 0. The number of rotatable bonds is 2. The van der Waals surface area contributed by atoms with Crippen LogP contribution in [0.25, 0.3) is 0 Å². The molecule has 1 aromatic carbocycles. The van der Waals surface area contributed by atoms with Crippen molar-refractivity contribution < 1.29 is 10.4 Å². The van der Waals surface area contributed by atoms with Crippen molar-refractivity contribution in [2.24, 2.45) is 5.72 Å². The molecule has 80 valence electrons. The van der Waals surface area contributed by atoms with Crippen molar-refractivity contribution in [3.05, 3.63) is 33.8 Å². The number of nitrogens with one attached hydrogen (secondary N) is 2. The summed E-state index contributed by atoms with van der Waals surface area (Å²) >= 11 is 11.8. The number of guanidine groups is 1. The summed E-state index contributed by atoms with van der Waals surface area (Å²) in [6.07, 6.45) is -0.297. The van der Waals surface area contributed by atoms with Crippen molar-refractivity contribution in [3.8, 4) is 0 Å². The Morgan fingerprint density at radius 3 is 2.87 bits per heavy atom. The Morgan fingerprint density at radius 2 is 2.33 bits per heavy atom. The summed E-state index contributed by atoms with van der Waals surface area (Å²) in [7, 11) is 0. The normalized spacial score (nSPS) is 14.7. The van der Waals surface area contributed by atoms with E-state index in [1.54, 1.807) is 18.2 Å². The van der Waals surface area contributed by atoms with Crippen molar-refractivity contribution in [2.45, 2.75) is 6.42 Å². The molecule has 0 unspecified atom stereocenters. The molecule has 0 aromatic heterocycles. The first-order chi connectivity index (χ1) is 8.88. The van der Waals surface area contributed by atoms with E-state index in [2.05, 4.69) is 5.40 Å². The van der Waals surface area contributed by atoms with Crippen LogP contribution in [0.15, 0.2) is 18.2 Å². The van der Waals surface area contributed by atoms with E-state index in [1.807, 2.05) is 0 Å². The number of halogens is 2. The lowest BCUT2D eigenvalue weighted by Gasteiger charge is -2.06. The summed E-state index contributed by atoms with van der Waals surface area (Å²) in [5, 5.41) is 3.48. The summed E-state index contributed by atoms with van der Waals surface area (Å²) in [5.74, 6) is -1.57. The van der Waals surface area contributed by atoms with E-state index in [9.17, 15) is 4.79 Å². The molecule has 15 heavy (non-hydrogen) atoms. The quantitative estimate of drug-likeness (QED) is 0.550. The van der Waals surface area contributed by atoms with Gasteiger partial charge in [-0.1, -0.05) is 29.3 Å². The maximum Gasteiger partial charge on any atom is 0.231 e. The van der Waals surface area contributed by atoms with Crippen LogP contribution >= 0.6 is 23.2 Å². The number of carbonyl (C=O) groups is 1. The van der Waals surface area contributed by atoms with Crippen LogP contribution in [0.5, 0.6) is 0 Å². The highest BCUT2D eigenvalue weighted by atomic mass is 35.5. The molecular weight excluding hydrogens is 237 g/mol. The highest BCUT2D eigenvalue weighted by molar-refractivity contribution is 6.36. The van der Waals surface area contributed by atoms with Gasteiger partial charge < -0.3 is 5.72 Å². The van der Waals surface area contributed by atoms with Gasteiger partial charge in [0.2, 0.25) is 5.91 Å². The Balaban J connectivity index is 2.91. The number of amides is 1. The standard InChI is InChI=1S/C9H9Cl2N3O/c10-6-2-1-3-7(11)5(6)4-8(15)14-9(12)13/h1-3H,4H2,(H4,12,13,14,15)/i/hD4. The van der Waals surface area contributed by atoms with Gasteiger partial charge in [0.05, 0.1) is 6.42 Å². The molecule has 0 aliphatic heterocycles. The number of carbonyl (C=O) groups excluding carboxylic acids is 1. The van der Waals surface area contributed by atoms with Crippen molar-refractivity contribution in [2.75, 3.05) is 0 Å². The Labute approximate surface area is 103 Å². The molecule has 4 N–H and O–H groups in total. The zero-order valence-electron chi connectivity index (χ0n) is 11.4. The predicted molar refractivity (Wildman–Crippen MR) is 60.2 cm³/mol. The van der Waals surface area contributed by atoms with Crippen LogP contribution in [0.4, 0.5) is 0 Å². The molecule has 1 rings (SSSR count). The highest BCUT2D eigenvalue weighted by Gasteiger charge is 2.10. The van der Waals surface area contributed by atoms with Gasteiger partial charge in [-0.15, -0.1) is 0 Å². The first-order valence-electron chi connectivity index (χ1n) is 5.72. The van der Waals surface area contributed by atoms with Crippen LogP contribution in [-0.4, -0.2) is 11.9 Å². The Morgan fingerprint density at radius 1 is 1.67 bits per heavy atom. The molecular formula is C9H9Cl2N3O. The molecule has 0 atom stereocenters. The lowest BCUT2D eigenvalue weighted by molar-refractivity contribution is -0.119. The highest BCUT2D eigenvalue weighted by Crippen LogP contribution is 2.24. The first-order valence-corrected chi connectivity index (χ1v) is 4.68. The molecule has 0 aliphatic rings. The lowest BCUT2D eigenvalue weighted by atomic mass is 10.1. The van der Waals surface area contributed by atoms with Gasteiger partial charge in [-0.3, -0.25) is 15.5 Å². The second-order valence-electron chi connectivity index (χ2n) is 2.68. The molecule has 0 fully saturated rings. The summed E-state index contributed by atoms with van der Waals surface area (Å²) < 4.78 is 28.0. The third-order valence-corrected chi connectivity index (χ3v) is 2.32. The molecule has 1 aromatic rings. The average molecular weight is 250 g/mol. The largest absolute Gasteiger partial charge is 0.370 e. The third kappa shape index (κ3) is 3.42. The molecule has 0 saturated carbocycles. The molecule has 0 aliphatic carbocycles. The van der Waals surface area contributed by atoms with E-state index in [1.165, 1.54) is 0 Å². The van der Waals surface area contributed by atoms with Gasteiger partial charge in [-0.2, -0.15) is 0 Å². The molecule has 0 bridgehead atoms. The van der Waals surface area contributed by atoms with Crippen molar-refractivity contribution >= 4 is 35.1 Å². The predicted octanol–water partition coefficient (Wildman–Crippen LogP) is 1.55. The second-order valence-corrected chi connectivity index (χ2v) is 3.50. The summed E-state index contributed by atoms with van der Waals surface area (Å²) in [6, 6.07) is 4.71. The smallest absolute Gasteiger partial charge is 0.231 e. The van der Waals surface area contributed by atoms with Crippen LogP contribution in [0, 0.1) is 5.40 Å². The number of hydrogen-bond acceptors (Lipinski definition) is 2. The molecule has 0 saturated heterocycles. The van der Waals surface area contributed by atoms with E-state index in [0.717, 1.165) is 0 Å². The fourth-order valence-electron chi connectivity index (χ4n) is 1.00. The van der Waals surface area contributed by atoms with Crippen molar-refractivity contribution in [1.82, 2.24) is 5.31 Å². The van der Waals surface area contributed by atoms with Crippen LogP contribution < -0.4 is 11.0 Å². The Hall–Kier alpha value is -1.26. The van der Waals surface area contributed by atoms with Gasteiger partial charge in [0.15, 0.2) is 11.6 Å². The summed E-state index contributed by atoms with van der Waals surface area (Å²) in [4.78, 5) is 11.8. The number of hydrogen-bond donors (Lipinski definition) is 3. The van der Waals surface area contributed by atoms with Gasteiger partial charge in [0.25, 0.3) is 0 Å². The van der Waals surface area contributed by atoms with Gasteiger partial charge in [-0.25, -0.2) is 0 Å². The van der Waals surface area contributed by atoms with Gasteiger partial charge in [-0.05, 0) is 17.7 Å². The fraction of sp³-hybridized carbons (Fsp3) is 0.111. The number of benzene rings is 1. The SMILES string of the molecule is [2H]N=C(N([2H])[2H])N([2H])C(=O)Cc1c(Cl)cccc1Cl. The van der Waals surface area contributed by atoms with E-state index in [0.29, 0.717) is 5.56 Å². The van der Waals surface area contributed by atoms with Gasteiger partial charge in [0, 0.05) is 10.0 Å². The monoisotopic (exact) mass is 249 g/mol. The zero-order valence-corrected chi connectivity index (χ0v) is 8.96. The van der Waals surface area contributed by atoms with Crippen LogP contribution in [0.3, 0.4) is 0 Å². The molecule has 1 amide bonds. The average Bonchev–Trinajstić information content (AvgIpc) is 2.34. The second kappa shape index (κ2) is 5.00. The molecule has 0 spiro atoms. The molecule has 0 heterocycles. The van der Waals surface area contributed by atoms with E-state index in [4.69, 9.17) is 28.8 Å². The van der Waals surface area contributed by atoms with Gasteiger partial charge in [0.1, 0.15) is 0 Å². The Kier molecular flexibility index (Phi) is 2.36. The topological polar surface area (TPSA) is 79.0 Å². The van der Waals surface area contributed by atoms with Crippen LogP contribution in [0.1, 0.15) is 5.56 Å². The van der Waals surface area contributed by atoms with E-state index in [-0.39, 0.29) is 27.5 Å². The number of nitrogens with two attached hydrogens (primary N) is 1. The van der Waals surface area contributed by atoms with E-state index < -0.39 is 11.9 Å². The lowest BCUT2D eigenvalue weighted by Crippen LogP contribution is -2.36. The molecule has 0 radical (unpaired) electrons. The molecule has 6 heteroatoms. The minimum Gasteiger partial charge on any atom is -0.370 e. The minimum absolute atomic E-state index is 0.105. The summed E-state index contributed by atoms with van der Waals surface area (Å²) in [5.41, 5.74) is 0.227. The zero-order chi connectivity index (χ0) is 14.6. The Bertz CT molecular complexity index is 492. The molecule has 4 nitrogen and oxygen atoms in total. The first kappa shape index (κ1) is 7.09. The third-order valence-electron chi connectivity index (χ3n) is 1.61. The maximum atomic E-state index is 11.8. The maximum absolute atomic E-state index is 11.8. The van der Waals surface area contributed by atoms with E-state index >= 15 is 0 Å². The minimum atomic E-state index is -0.814.